The second-order valence-corrected chi connectivity index (χ2v) is 8.53. The Morgan fingerprint density at radius 2 is 1.83 bits per heavy atom. The van der Waals surface area contributed by atoms with E-state index in [9.17, 15) is 0 Å². The Morgan fingerprint density at radius 3 is 2.69 bits per heavy atom. The van der Waals surface area contributed by atoms with Crippen molar-refractivity contribution in [2.45, 2.75) is 56.7 Å². The molecule has 1 fully saturated rings. The van der Waals surface area contributed by atoms with E-state index >= 15 is 0 Å². The van der Waals surface area contributed by atoms with Crippen molar-refractivity contribution in [3.05, 3.63) is 71.8 Å². The van der Waals surface area contributed by atoms with Gasteiger partial charge in [-0.2, -0.15) is 0 Å². The number of nitrogens with one attached hydrogen (secondary N) is 1. The van der Waals surface area contributed by atoms with Crippen LogP contribution in [0.25, 0.3) is 10.8 Å². The van der Waals surface area contributed by atoms with Crippen LogP contribution in [0.1, 0.15) is 55.7 Å². The maximum Gasteiger partial charge on any atom is 0.128 e. The highest BCUT2D eigenvalue weighted by molar-refractivity contribution is 5.85. The summed E-state index contributed by atoms with van der Waals surface area (Å²) in [7, 11) is 1.72. The van der Waals surface area contributed by atoms with Crippen molar-refractivity contribution in [2.75, 3.05) is 7.11 Å². The molecule has 0 unspecified atom stereocenters. The third kappa shape index (κ3) is 3.60. The Bertz CT molecular complexity index is 1000. The van der Waals surface area contributed by atoms with Gasteiger partial charge in [-0.1, -0.05) is 55.0 Å². The molecule has 150 valence electrons. The summed E-state index contributed by atoms with van der Waals surface area (Å²) in [6, 6.07) is 21.8. The van der Waals surface area contributed by atoms with Crippen LogP contribution in [0.15, 0.2) is 60.7 Å². The third-order valence-electron chi connectivity index (χ3n) is 6.68. The molecule has 0 bridgehead atoms. The molecular formula is C26H29NO2. The van der Waals surface area contributed by atoms with E-state index in [1.54, 1.807) is 7.11 Å². The number of methoxy groups -OCH3 is 1. The topological polar surface area (TPSA) is 30.5 Å². The first-order valence-electron chi connectivity index (χ1n) is 10.8. The molecule has 1 aliphatic carbocycles. The largest absolute Gasteiger partial charge is 0.497 e. The molecule has 1 aliphatic heterocycles. The van der Waals surface area contributed by atoms with Gasteiger partial charge in [0.05, 0.1) is 7.11 Å². The minimum absolute atomic E-state index is 0.0337. The lowest BCUT2D eigenvalue weighted by Gasteiger charge is -2.45. The van der Waals surface area contributed by atoms with Crippen LogP contribution in [0.4, 0.5) is 0 Å². The summed E-state index contributed by atoms with van der Waals surface area (Å²) >= 11 is 0. The smallest absolute Gasteiger partial charge is 0.128 e. The first-order valence-corrected chi connectivity index (χ1v) is 10.8. The van der Waals surface area contributed by atoms with Crippen LogP contribution in [0.2, 0.25) is 0 Å². The monoisotopic (exact) mass is 387 g/mol. The van der Waals surface area contributed by atoms with Crippen molar-refractivity contribution in [3.8, 4) is 11.5 Å². The molecule has 3 heteroatoms. The molecule has 1 N–H and O–H groups in total. The SMILES string of the molecule is COc1ccc2c(c1)OC1(CCCCC1)C[C@H]2NCc1cccc2ccccc12. The first kappa shape index (κ1) is 18.5. The van der Waals surface area contributed by atoms with E-state index in [0.717, 1.165) is 37.3 Å². The van der Waals surface area contributed by atoms with Gasteiger partial charge in [-0.05, 0) is 48.1 Å². The van der Waals surface area contributed by atoms with Crippen LogP contribution in [0.5, 0.6) is 11.5 Å². The molecule has 29 heavy (non-hydrogen) atoms. The minimum atomic E-state index is -0.0337. The van der Waals surface area contributed by atoms with E-state index in [-0.39, 0.29) is 5.60 Å². The molecule has 1 heterocycles. The number of ether oxygens (including phenoxy) is 2. The number of fused-ring (bicyclic) bond motifs is 2. The molecule has 0 radical (unpaired) electrons. The van der Waals surface area contributed by atoms with Gasteiger partial charge in [0, 0.05) is 30.6 Å². The Labute approximate surface area is 173 Å². The molecule has 1 atom stereocenters. The van der Waals surface area contributed by atoms with Gasteiger partial charge in [-0.25, -0.2) is 0 Å². The van der Waals surface area contributed by atoms with Crippen molar-refractivity contribution in [2.24, 2.45) is 0 Å². The maximum atomic E-state index is 6.64. The van der Waals surface area contributed by atoms with Gasteiger partial charge in [0.1, 0.15) is 17.1 Å². The molecule has 0 amide bonds. The number of hydrogen-bond donors (Lipinski definition) is 1. The van der Waals surface area contributed by atoms with Gasteiger partial charge in [-0.15, -0.1) is 0 Å². The molecule has 3 nitrogen and oxygen atoms in total. The molecule has 2 aliphatic rings. The highest BCUT2D eigenvalue weighted by Gasteiger charge is 2.41. The van der Waals surface area contributed by atoms with Crippen molar-refractivity contribution in [1.82, 2.24) is 5.32 Å². The second-order valence-electron chi connectivity index (χ2n) is 8.53. The van der Waals surface area contributed by atoms with Crippen LogP contribution in [-0.4, -0.2) is 12.7 Å². The fourth-order valence-corrected chi connectivity index (χ4v) is 5.14. The Balaban J connectivity index is 1.45. The van der Waals surface area contributed by atoms with Crippen molar-refractivity contribution < 1.29 is 9.47 Å². The molecule has 0 saturated heterocycles. The lowest BCUT2D eigenvalue weighted by molar-refractivity contribution is -0.00306. The molecule has 1 saturated carbocycles. The molecule has 3 aromatic carbocycles. The predicted octanol–water partition coefficient (Wildman–Crippen LogP) is 6.16. The molecule has 0 aromatic heterocycles. The van der Waals surface area contributed by atoms with E-state index in [0.29, 0.717) is 6.04 Å². The lowest BCUT2D eigenvalue weighted by Crippen LogP contribution is -2.45. The van der Waals surface area contributed by atoms with Gasteiger partial charge in [0.25, 0.3) is 0 Å². The number of hydrogen-bond acceptors (Lipinski definition) is 3. The van der Waals surface area contributed by atoms with Gasteiger partial charge in [-0.3, -0.25) is 0 Å². The zero-order valence-corrected chi connectivity index (χ0v) is 17.1. The lowest BCUT2D eigenvalue weighted by atomic mass is 9.77. The van der Waals surface area contributed by atoms with Crippen LogP contribution < -0.4 is 14.8 Å². The average Bonchev–Trinajstić information content (AvgIpc) is 2.77. The predicted molar refractivity (Wildman–Crippen MR) is 118 cm³/mol. The van der Waals surface area contributed by atoms with Gasteiger partial charge >= 0.3 is 0 Å². The summed E-state index contributed by atoms with van der Waals surface area (Å²) in [5.74, 6) is 1.86. The molecule has 3 aromatic rings. The van der Waals surface area contributed by atoms with E-state index < -0.39 is 0 Å². The summed E-state index contributed by atoms with van der Waals surface area (Å²) in [6.45, 7) is 0.855. The normalized spacial score (nSPS) is 20.2. The van der Waals surface area contributed by atoms with Crippen LogP contribution in [-0.2, 0) is 6.54 Å². The number of benzene rings is 3. The number of rotatable bonds is 4. The molecular weight excluding hydrogens is 358 g/mol. The highest BCUT2D eigenvalue weighted by atomic mass is 16.5. The zero-order valence-electron chi connectivity index (χ0n) is 17.1. The Kier molecular flexibility index (Phi) is 4.92. The first-order chi connectivity index (χ1) is 14.3. The van der Waals surface area contributed by atoms with E-state index in [1.165, 1.54) is 41.2 Å². The molecule has 5 rings (SSSR count). The quantitative estimate of drug-likeness (QED) is 0.581. The van der Waals surface area contributed by atoms with Crippen molar-refractivity contribution >= 4 is 10.8 Å². The Hall–Kier alpha value is -2.52. The molecule has 1 spiro atoms. The van der Waals surface area contributed by atoms with Crippen LogP contribution in [0.3, 0.4) is 0 Å². The van der Waals surface area contributed by atoms with Gasteiger partial charge in [0.15, 0.2) is 0 Å². The van der Waals surface area contributed by atoms with Gasteiger partial charge < -0.3 is 14.8 Å². The summed E-state index contributed by atoms with van der Waals surface area (Å²) in [4.78, 5) is 0. The summed E-state index contributed by atoms with van der Waals surface area (Å²) in [5.41, 5.74) is 2.57. The maximum absolute atomic E-state index is 6.64. The standard InChI is InChI=1S/C26H29NO2/c1-28-21-12-13-23-24(17-26(29-25(23)16-21)14-5-2-6-15-26)27-18-20-10-7-9-19-8-3-4-11-22(19)20/h3-4,7-13,16,24,27H,2,5-6,14-15,17-18H2,1H3/t24-/m1/s1. The van der Waals surface area contributed by atoms with E-state index in [2.05, 4.69) is 59.9 Å². The van der Waals surface area contributed by atoms with Crippen LogP contribution in [0, 0.1) is 0 Å². The Morgan fingerprint density at radius 1 is 1.00 bits per heavy atom. The fourth-order valence-electron chi connectivity index (χ4n) is 5.14. The third-order valence-corrected chi connectivity index (χ3v) is 6.68. The van der Waals surface area contributed by atoms with Crippen LogP contribution >= 0.6 is 0 Å². The summed E-state index contributed by atoms with van der Waals surface area (Å²) in [6.07, 6.45) is 7.18. The van der Waals surface area contributed by atoms with E-state index in [4.69, 9.17) is 9.47 Å². The van der Waals surface area contributed by atoms with Gasteiger partial charge in [0.2, 0.25) is 0 Å². The average molecular weight is 388 g/mol. The highest BCUT2D eigenvalue weighted by Crippen LogP contribution is 2.47. The van der Waals surface area contributed by atoms with Crippen molar-refractivity contribution in [3.63, 3.8) is 0 Å². The fraction of sp³-hybridized carbons (Fsp3) is 0.385. The second kappa shape index (κ2) is 7.72. The summed E-state index contributed by atoms with van der Waals surface area (Å²) < 4.78 is 12.1. The minimum Gasteiger partial charge on any atom is -0.497 e. The zero-order chi connectivity index (χ0) is 19.7. The van der Waals surface area contributed by atoms with Crippen molar-refractivity contribution in [1.29, 1.82) is 0 Å². The summed E-state index contributed by atoms with van der Waals surface area (Å²) in [5, 5.41) is 6.50. The van der Waals surface area contributed by atoms with E-state index in [1.807, 2.05) is 6.07 Å².